The molecule has 18 heavy (non-hydrogen) atoms. The van der Waals surface area contributed by atoms with Gasteiger partial charge < -0.3 is 4.90 Å². The van der Waals surface area contributed by atoms with E-state index in [9.17, 15) is 4.79 Å². The lowest BCUT2D eigenvalue weighted by Crippen LogP contribution is -2.38. The Morgan fingerprint density at radius 1 is 1.50 bits per heavy atom. The minimum absolute atomic E-state index is 0.161. The predicted octanol–water partition coefficient (Wildman–Crippen LogP) is 2.67. The van der Waals surface area contributed by atoms with Crippen molar-refractivity contribution in [2.24, 2.45) is 5.92 Å². The first kappa shape index (κ1) is 12.6. The number of nitriles is 1. The molecule has 0 bridgehead atoms. The zero-order valence-electron chi connectivity index (χ0n) is 10.9. The molecule has 1 aromatic carbocycles. The van der Waals surface area contributed by atoms with Crippen molar-refractivity contribution >= 4 is 11.5 Å². The highest BCUT2D eigenvalue weighted by molar-refractivity contribution is 5.79. The fourth-order valence-corrected chi connectivity index (χ4v) is 2.61. The molecule has 1 unspecified atom stereocenters. The lowest BCUT2D eigenvalue weighted by molar-refractivity contribution is -0.120. The second-order valence-electron chi connectivity index (χ2n) is 5.01. The van der Waals surface area contributed by atoms with Crippen LogP contribution in [0.5, 0.6) is 0 Å². The van der Waals surface area contributed by atoms with Crippen molar-refractivity contribution in [2.75, 3.05) is 18.0 Å². The lowest BCUT2D eigenvalue weighted by Gasteiger charge is -2.34. The van der Waals surface area contributed by atoms with Crippen molar-refractivity contribution in [1.29, 1.82) is 5.26 Å². The van der Waals surface area contributed by atoms with Gasteiger partial charge in [-0.25, -0.2) is 0 Å². The van der Waals surface area contributed by atoms with Crippen LogP contribution in [0.25, 0.3) is 0 Å². The van der Waals surface area contributed by atoms with Crippen LogP contribution in [-0.4, -0.2) is 18.9 Å². The molecule has 0 spiro atoms. The number of aryl methyl sites for hydroxylation is 1. The van der Waals surface area contributed by atoms with E-state index in [4.69, 9.17) is 5.26 Å². The summed E-state index contributed by atoms with van der Waals surface area (Å²) in [5.74, 6) is 0.444. The molecule has 0 N–H and O–H groups in total. The summed E-state index contributed by atoms with van der Waals surface area (Å²) < 4.78 is 0. The molecule has 0 aromatic heterocycles. The van der Waals surface area contributed by atoms with Gasteiger partial charge in [-0.15, -0.1) is 0 Å². The number of Topliss-reactive ketones (excluding diaryl/α,β-unsaturated/α-hetero) is 1. The minimum Gasteiger partial charge on any atom is -0.371 e. The first-order valence-corrected chi connectivity index (χ1v) is 6.38. The Labute approximate surface area is 108 Å². The van der Waals surface area contributed by atoms with E-state index in [1.807, 2.05) is 25.1 Å². The average Bonchev–Trinajstić information content (AvgIpc) is 2.38. The number of carbonyl (C=O) groups excluding carboxylic acids is 1. The smallest absolute Gasteiger partial charge is 0.134 e. The molecular weight excluding hydrogens is 224 g/mol. The van der Waals surface area contributed by atoms with Gasteiger partial charge in [0.15, 0.2) is 0 Å². The topological polar surface area (TPSA) is 44.1 Å². The molecule has 1 saturated heterocycles. The van der Waals surface area contributed by atoms with Gasteiger partial charge in [0.1, 0.15) is 5.78 Å². The summed E-state index contributed by atoms with van der Waals surface area (Å²) in [6.07, 6.45) is 2.06. The van der Waals surface area contributed by atoms with Crippen molar-refractivity contribution < 1.29 is 4.79 Å². The highest BCUT2D eigenvalue weighted by Crippen LogP contribution is 2.27. The van der Waals surface area contributed by atoms with Gasteiger partial charge in [-0.3, -0.25) is 4.79 Å². The van der Waals surface area contributed by atoms with Gasteiger partial charge in [-0.1, -0.05) is 0 Å². The van der Waals surface area contributed by atoms with Crippen LogP contribution >= 0.6 is 0 Å². The van der Waals surface area contributed by atoms with E-state index in [0.717, 1.165) is 37.2 Å². The van der Waals surface area contributed by atoms with Crippen LogP contribution < -0.4 is 4.90 Å². The number of carbonyl (C=O) groups is 1. The number of piperidine rings is 1. The molecular formula is C15H18N2O. The second-order valence-corrected chi connectivity index (χ2v) is 5.01. The van der Waals surface area contributed by atoms with Gasteiger partial charge in [0.2, 0.25) is 0 Å². The van der Waals surface area contributed by atoms with Crippen LogP contribution in [0.2, 0.25) is 0 Å². The number of ketones is 1. The summed E-state index contributed by atoms with van der Waals surface area (Å²) in [6.45, 7) is 5.51. The van der Waals surface area contributed by atoms with Crippen LogP contribution in [0.4, 0.5) is 5.69 Å². The lowest BCUT2D eigenvalue weighted by atomic mass is 9.93. The Bertz CT molecular complexity index is 502. The number of nitrogens with zero attached hydrogens (tertiary/aromatic N) is 2. The fraction of sp³-hybridized carbons (Fsp3) is 0.467. The van der Waals surface area contributed by atoms with E-state index in [1.165, 1.54) is 0 Å². The molecule has 1 fully saturated rings. The summed E-state index contributed by atoms with van der Waals surface area (Å²) in [4.78, 5) is 13.8. The molecule has 0 aliphatic carbocycles. The second kappa shape index (κ2) is 5.22. The monoisotopic (exact) mass is 242 g/mol. The normalized spacial score (nSPS) is 19.4. The fourth-order valence-electron chi connectivity index (χ4n) is 2.61. The summed E-state index contributed by atoms with van der Waals surface area (Å²) >= 11 is 0. The Hall–Kier alpha value is -1.82. The van der Waals surface area contributed by atoms with Crippen LogP contribution in [0, 0.1) is 24.2 Å². The number of hydrogen-bond acceptors (Lipinski definition) is 3. The minimum atomic E-state index is 0.161. The van der Waals surface area contributed by atoms with E-state index >= 15 is 0 Å². The molecule has 1 aliphatic heterocycles. The zero-order valence-corrected chi connectivity index (χ0v) is 10.9. The van der Waals surface area contributed by atoms with Gasteiger partial charge in [-0.2, -0.15) is 5.26 Å². The SMILES string of the molecule is CC(=O)C1CCCN(c2ccc(C#N)cc2C)C1. The molecule has 94 valence electrons. The molecule has 3 heteroatoms. The maximum Gasteiger partial charge on any atom is 0.134 e. The maximum absolute atomic E-state index is 11.5. The standard InChI is InChI=1S/C15H18N2O/c1-11-8-13(9-16)5-6-15(11)17-7-3-4-14(10-17)12(2)18/h5-6,8,14H,3-4,7,10H2,1-2H3. The van der Waals surface area contributed by atoms with E-state index in [-0.39, 0.29) is 11.7 Å². The van der Waals surface area contributed by atoms with Crippen molar-refractivity contribution in [3.05, 3.63) is 29.3 Å². The molecule has 0 amide bonds. The molecule has 1 heterocycles. The van der Waals surface area contributed by atoms with E-state index < -0.39 is 0 Å². The van der Waals surface area contributed by atoms with Crippen molar-refractivity contribution in [1.82, 2.24) is 0 Å². The van der Waals surface area contributed by atoms with Crippen LogP contribution in [0.3, 0.4) is 0 Å². The van der Waals surface area contributed by atoms with Crippen LogP contribution in [0.1, 0.15) is 30.9 Å². The number of anilines is 1. The van der Waals surface area contributed by atoms with Gasteiger partial charge in [-0.05, 0) is 50.5 Å². The molecule has 0 radical (unpaired) electrons. The highest BCUT2D eigenvalue weighted by Gasteiger charge is 2.23. The van der Waals surface area contributed by atoms with E-state index in [2.05, 4.69) is 11.0 Å². The molecule has 1 atom stereocenters. The largest absolute Gasteiger partial charge is 0.371 e. The number of hydrogen-bond donors (Lipinski definition) is 0. The summed E-state index contributed by atoms with van der Waals surface area (Å²) in [7, 11) is 0. The predicted molar refractivity (Wildman–Crippen MR) is 71.5 cm³/mol. The van der Waals surface area contributed by atoms with Crippen LogP contribution in [-0.2, 0) is 4.79 Å². The van der Waals surface area contributed by atoms with E-state index in [0.29, 0.717) is 5.56 Å². The average molecular weight is 242 g/mol. The third kappa shape index (κ3) is 2.53. The first-order chi connectivity index (χ1) is 8.61. The summed E-state index contributed by atoms with van der Waals surface area (Å²) in [6, 6.07) is 7.91. The van der Waals surface area contributed by atoms with Gasteiger partial charge in [0.25, 0.3) is 0 Å². The Morgan fingerprint density at radius 3 is 2.89 bits per heavy atom. The number of rotatable bonds is 2. The third-order valence-corrected chi connectivity index (χ3v) is 3.66. The van der Waals surface area contributed by atoms with Crippen LogP contribution in [0.15, 0.2) is 18.2 Å². The van der Waals surface area contributed by atoms with E-state index in [1.54, 1.807) is 6.92 Å². The van der Waals surface area contributed by atoms with Gasteiger partial charge in [0, 0.05) is 24.7 Å². The molecule has 1 aromatic rings. The molecule has 2 rings (SSSR count). The summed E-state index contributed by atoms with van der Waals surface area (Å²) in [5.41, 5.74) is 2.95. The Morgan fingerprint density at radius 2 is 2.28 bits per heavy atom. The molecule has 3 nitrogen and oxygen atoms in total. The Kier molecular flexibility index (Phi) is 3.66. The van der Waals surface area contributed by atoms with Gasteiger partial charge >= 0.3 is 0 Å². The highest BCUT2D eigenvalue weighted by atomic mass is 16.1. The van der Waals surface area contributed by atoms with Crippen molar-refractivity contribution in [3.8, 4) is 6.07 Å². The van der Waals surface area contributed by atoms with Gasteiger partial charge in [0.05, 0.1) is 11.6 Å². The Balaban J connectivity index is 2.21. The maximum atomic E-state index is 11.5. The quantitative estimate of drug-likeness (QED) is 0.800. The number of benzene rings is 1. The van der Waals surface area contributed by atoms with Crippen molar-refractivity contribution in [2.45, 2.75) is 26.7 Å². The first-order valence-electron chi connectivity index (χ1n) is 6.38. The molecule has 0 saturated carbocycles. The molecule has 1 aliphatic rings. The third-order valence-electron chi connectivity index (χ3n) is 3.66. The zero-order chi connectivity index (χ0) is 13.1. The van der Waals surface area contributed by atoms with Crippen molar-refractivity contribution in [3.63, 3.8) is 0 Å². The summed E-state index contributed by atoms with van der Waals surface area (Å²) in [5, 5.41) is 8.87.